The summed E-state index contributed by atoms with van der Waals surface area (Å²) >= 11 is 0. The minimum atomic E-state index is 0.579. The molecule has 2 heterocycles. The molecule has 1 aromatic carbocycles. The van der Waals surface area contributed by atoms with E-state index >= 15 is 0 Å². The highest BCUT2D eigenvalue weighted by Crippen LogP contribution is 2.24. The maximum absolute atomic E-state index is 4.11. The number of nitrogens with one attached hydrogen (secondary N) is 2. The van der Waals surface area contributed by atoms with Crippen molar-refractivity contribution in [1.82, 2.24) is 15.1 Å². The summed E-state index contributed by atoms with van der Waals surface area (Å²) < 4.78 is 0. The molecular weight excluding hydrogens is 224 g/mol. The maximum atomic E-state index is 4.11. The Morgan fingerprint density at radius 3 is 3.22 bits per heavy atom. The first kappa shape index (κ1) is 11.5. The van der Waals surface area contributed by atoms with Crippen LogP contribution in [0.5, 0.6) is 0 Å². The molecule has 0 radical (unpaired) electrons. The van der Waals surface area contributed by atoms with Gasteiger partial charge in [0.1, 0.15) is 0 Å². The number of likely N-dealkylation sites (tertiary alicyclic amines) is 1. The fourth-order valence-corrected chi connectivity index (χ4v) is 2.70. The first-order chi connectivity index (χ1) is 8.83. The third-order valence-electron chi connectivity index (χ3n) is 3.80. The molecule has 0 spiro atoms. The zero-order valence-electron chi connectivity index (χ0n) is 10.8. The number of fused-ring (bicyclic) bond motifs is 1. The van der Waals surface area contributed by atoms with Gasteiger partial charge in [0, 0.05) is 17.1 Å². The fourth-order valence-electron chi connectivity index (χ4n) is 2.70. The van der Waals surface area contributed by atoms with Gasteiger partial charge in [0.2, 0.25) is 0 Å². The van der Waals surface area contributed by atoms with Crippen LogP contribution in [-0.4, -0.2) is 41.3 Å². The third kappa shape index (κ3) is 2.34. The molecule has 4 nitrogen and oxygen atoms in total. The van der Waals surface area contributed by atoms with E-state index in [1.807, 2.05) is 6.20 Å². The average Bonchev–Trinajstić information content (AvgIpc) is 2.76. The van der Waals surface area contributed by atoms with Crippen LogP contribution in [0, 0.1) is 0 Å². The number of hydrogen-bond donors (Lipinski definition) is 2. The Labute approximate surface area is 107 Å². The van der Waals surface area contributed by atoms with Crippen LogP contribution in [0.25, 0.3) is 10.9 Å². The Hall–Kier alpha value is -1.55. The minimum absolute atomic E-state index is 0.579. The van der Waals surface area contributed by atoms with E-state index in [1.54, 1.807) is 0 Å². The molecule has 96 valence electrons. The van der Waals surface area contributed by atoms with E-state index in [0.29, 0.717) is 6.04 Å². The summed E-state index contributed by atoms with van der Waals surface area (Å²) in [6.07, 6.45) is 5.64. The Morgan fingerprint density at radius 2 is 2.28 bits per heavy atom. The first-order valence-corrected chi connectivity index (χ1v) is 6.70. The van der Waals surface area contributed by atoms with Gasteiger partial charge in [-0.3, -0.25) is 5.10 Å². The number of rotatable bonds is 2. The van der Waals surface area contributed by atoms with Gasteiger partial charge in [-0.05, 0) is 51.5 Å². The lowest BCUT2D eigenvalue weighted by Crippen LogP contribution is -2.23. The maximum Gasteiger partial charge on any atom is 0.0671 e. The summed E-state index contributed by atoms with van der Waals surface area (Å²) in [4.78, 5) is 2.42. The predicted octanol–water partition coefficient (Wildman–Crippen LogP) is 2.46. The normalized spacial score (nSPS) is 21.9. The molecule has 1 aliphatic rings. The molecular formula is C14H20N4. The standard InChI is InChI=1S/C14H20N4/c1-18-8-3-4-11(7-9-18)16-13-5-2-6-14-12(13)10-15-17-14/h2,5-6,10-11,16H,3-4,7-9H2,1H3,(H,15,17). The van der Waals surface area contributed by atoms with Crippen molar-refractivity contribution in [3.63, 3.8) is 0 Å². The van der Waals surface area contributed by atoms with Gasteiger partial charge in [0.15, 0.2) is 0 Å². The number of aromatic amines is 1. The van der Waals surface area contributed by atoms with Crippen LogP contribution >= 0.6 is 0 Å². The van der Waals surface area contributed by atoms with Crippen LogP contribution < -0.4 is 5.32 Å². The summed E-state index contributed by atoms with van der Waals surface area (Å²) in [6, 6.07) is 6.86. The van der Waals surface area contributed by atoms with Crippen molar-refractivity contribution in [2.75, 3.05) is 25.5 Å². The SMILES string of the molecule is CN1CCCC(Nc2cccc3[nH]ncc23)CC1. The molecule has 3 rings (SSSR count). The molecule has 0 saturated carbocycles. The molecule has 1 fully saturated rings. The van der Waals surface area contributed by atoms with Crippen molar-refractivity contribution in [3.8, 4) is 0 Å². The minimum Gasteiger partial charge on any atom is -0.382 e. The number of hydrogen-bond acceptors (Lipinski definition) is 3. The number of aromatic nitrogens is 2. The van der Waals surface area contributed by atoms with E-state index < -0.39 is 0 Å². The Morgan fingerprint density at radius 1 is 1.33 bits per heavy atom. The smallest absolute Gasteiger partial charge is 0.0671 e. The lowest BCUT2D eigenvalue weighted by molar-refractivity contribution is 0.348. The molecule has 0 bridgehead atoms. The lowest BCUT2D eigenvalue weighted by atomic mass is 10.1. The van der Waals surface area contributed by atoms with Gasteiger partial charge in [-0.1, -0.05) is 6.07 Å². The van der Waals surface area contributed by atoms with E-state index in [-0.39, 0.29) is 0 Å². The van der Waals surface area contributed by atoms with Crippen molar-refractivity contribution in [3.05, 3.63) is 24.4 Å². The van der Waals surface area contributed by atoms with E-state index in [4.69, 9.17) is 0 Å². The van der Waals surface area contributed by atoms with Crippen LogP contribution in [0.2, 0.25) is 0 Å². The van der Waals surface area contributed by atoms with Gasteiger partial charge >= 0.3 is 0 Å². The van der Waals surface area contributed by atoms with Crippen LogP contribution in [0.15, 0.2) is 24.4 Å². The second-order valence-corrected chi connectivity index (χ2v) is 5.21. The number of nitrogens with zero attached hydrogens (tertiary/aromatic N) is 2. The summed E-state index contributed by atoms with van der Waals surface area (Å²) in [5.74, 6) is 0. The Balaban J connectivity index is 1.77. The Kier molecular flexibility index (Phi) is 3.19. The Bertz CT molecular complexity index is 519. The highest BCUT2D eigenvalue weighted by atomic mass is 15.1. The molecule has 18 heavy (non-hydrogen) atoms. The van der Waals surface area contributed by atoms with E-state index in [1.165, 1.54) is 43.4 Å². The molecule has 1 aliphatic heterocycles. The molecule has 1 atom stereocenters. The summed E-state index contributed by atoms with van der Waals surface area (Å²) in [6.45, 7) is 2.40. The third-order valence-corrected chi connectivity index (χ3v) is 3.80. The summed E-state index contributed by atoms with van der Waals surface area (Å²) in [5.41, 5.74) is 2.31. The molecule has 0 amide bonds. The van der Waals surface area contributed by atoms with E-state index in [0.717, 1.165) is 5.52 Å². The van der Waals surface area contributed by atoms with Gasteiger partial charge in [-0.25, -0.2) is 0 Å². The molecule has 0 aliphatic carbocycles. The quantitative estimate of drug-likeness (QED) is 0.853. The highest BCUT2D eigenvalue weighted by molar-refractivity contribution is 5.90. The number of anilines is 1. The van der Waals surface area contributed by atoms with Gasteiger partial charge < -0.3 is 10.2 Å². The molecule has 2 aromatic rings. The van der Waals surface area contributed by atoms with Crippen molar-refractivity contribution in [2.45, 2.75) is 25.3 Å². The van der Waals surface area contributed by atoms with E-state index in [9.17, 15) is 0 Å². The van der Waals surface area contributed by atoms with Crippen molar-refractivity contribution in [2.24, 2.45) is 0 Å². The average molecular weight is 244 g/mol. The van der Waals surface area contributed by atoms with Gasteiger partial charge in [-0.2, -0.15) is 5.10 Å². The molecule has 1 unspecified atom stereocenters. The van der Waals surface area contributed by atoms with Gasteiger partial charge in [0.25, 0.3) is 0 Å². The van der Waals surface area contributed by atoms with Crippen LogP contribution in [-0.2, 0) is 0 Å². The van der Waals surface area contributed by atoms with E-state index in [2.05, 4.69) is 45.7 Å². The summed E-state index contributed by atoms with van der Waals surface area (Å²) in [5, 5.41) is 12.0. The largest absolute Gasteiger partial charge is 0.382 e. The number of benzene rings is 1. The van der Waals surface area contributed by atoms with Crippen LogP contribution in [0.1, 0.15) is 19.3 Å². The molecule has 2 N–H and O–H groups in total. The van der Waals surface area contributed by atoms with Crippen molar-refractivity contribution < 1.29 is 0 Å². The zero-order valence-corrected chi connectivity index (χ0v) is 10.8. The van der Waals surface area contributed by atoms with Crippen LogP contribution in [0.4, 0.5) is 5.69 Å². The second-order valence-electron chi connectivity index (χ2n) is 5.21. The topological polar surface area (TPSA) is 44.0 Å². The highest BCUT2D eigenvalue weighted by Gasteiger charge is 2.15. The monoisotopic (exact) mass is 244 g/mol. The lowest BCUT2D eigenvalue weighted by Gasteiger charge is -2.18. The van der Waals surface area contributed by atoms with Crippen molar-refractivity contribution >= 4 is 16.6 Å². The first-order valence-electron chi connectivity index (χ1n) is 6.70. The van der Waals surface area contributed by atoms with Gasteiger partial charge in [-0.15, -0.1) is 0 Å². The predicted molar refractivity (Wildman–Crippen MR) is 74.9 cm³/mol. The van der Waals surface area contributed by atoms with Crippen LogP contribution in [0.3, 0.4) is 0 Å². The van der Waals surface area contributed by atoms with Crippen molar-refractivity contribution in [1.29, 1.82) is 0 Å². The summed E-state index contributed by atoms with van der Waals surface area (Å²) in [7, 11) is 2.21. The molecule has 1 saturated heterocycles. The van der Waals surface area contributed by atoms with Gasteiger partial charge in [0.05, 0.1) is 11.7 Å². The zero-order chi connectivity index (χ0) is 12.4. The molecule has 4 heteroatoms. The number of H-pyrrole nitrogens is 1. The fraction of sp³-hybridized carbons (Fsp3) is 0.500. The molecule has 1 aromatic heterocycles. The second kappa shape index (κ2) is 4.98.